The van der Waals surface area contributed by atoms with E-state index in [-0.39, 0.29) is 12.0 Å². The van der Waals surface area contributed by atoms with Crippen molar-refractivity contribution >= 4 is 5.97 Å². The van der Waals surface area contributed by atoms with E-state index in [1.807, 2.05) is 12.2 Å². The molecule has 1 aliphatic rings. The van der Waals surface area contributed by atoms with Crippen LogP contribution in [0.15, 0.2) is 12.2 Å². The first kappa shape index (κ1) is 7.28. The first-order chi connectivity index (χ1) is 4.84. The maximum Gasteiger partial charge on any atom is 0.327 e. The molecule has 1 N–H and O–H groups in total. The van der Waals surface area contributed by atoms with Gasteiger partial charge in [-0.3, -0.25) is 10.1 Å². The van der Waals surface area contributed by atoms with E-state index in [4.69, 9.17) is 4.74 Å². The summed E-state index contributed by atoms with van der Waals surface area (Å²) in [6, 6.07) is -0.208. The maximum absolute atomic E-state index is 10.9. The van der Waals surface area contributed by atoms with Crippen molar-refractivity contribution in [2.75, 3.05) is 13.2 Å². The average Bonchev–Trinajstić information content (AvgIpc) is 2.38. The van der Waals surface area contributed by atoms with E-state index >= 15 is 0 Å². The second kappa shape index (κ2) is 3.37. The summed E-state index contributed by atoms with van der Waals surface area (Å²) in [5, 5.41) is 2.96. The first-order valence-corrected chi connectivity index (χ1v) is 3.41. The van der Waals surface area contributed by atoms with E-state index in [0.717, 1.165) is 6.54 Å². The summed E-state index contributed by atoms with van der Waals surface area (Å²) >= 11 is 0. The van der Waals surface area contributed by atoms with Gasteiger partial charge in [0.25, 0.3) is 0 Å². The molecule has 0 aliphatic carbocycles. The molecule has 1 rings (SSSR count). The zero-order valence-electron chi connectivity index (χ0n) is 5.96. The van der Waals surface area contributed by atoms with Gasteiger partial charge in [0.1, 0.15) is 6.04 Å². The summed E-state index contributed by atoms with van der Waals surface area (Å²) in [6.45, 7) is 3.02. The lowest BCUT2D eigenvalue weighted by Gasteiger charge is -2.06. The van der Waals surface area contributed by atoms with Crippen molar-refractivity contribution in [2.24, 2.45) is 0 Å². The van der Waals surface area contributed by atoms with Crippen LogP contribution in [0.4, 0.5) is 0 Å². The number of carbonyl (C=O) groups is 1. The third-order valence-electron chi connectivity index (χ3n) is 1.32. The van der Waals surface area contributed by atoms with Crippen molar-refractivity contribution in [3.8, 4) is 0 Å². The highest BCUT2D eigenvalue weighted by atomic mass is 16.5. The second-order valence-corrected chi connectivity index (χ2v) is 2.07. The zero-order chi connectivity index (χ0) is 7.40. The molecule has 1 heterocycles. The molecule has 0 unspecified atom stereocenters. The van der Waals surface area contributed by atoms with Crippen molar-refractivity contribution in [3.63, 3.8) is 0 Å². The van der Waals surface area contributed by atoms with E-state index < -0.39 is 0 Å². The van der Waals surface area contributed by atoms with Gasteiger partial charge >= 0.3 is 5.97 Å². The van der Waals surface area contributed by atoms with Crippen molar-refractivity contribution in [1.29, 1.82) is 0 Å². The number of nitrogens with one attached hydrogen (secondary N) is 1. The Bertz CT molecular complexity index is 154. The van der Waals surface area contributed by atoms with E-state index in [1.165, 1.54) is 0 Å². The van der Waals surface area contributed by atoms with Gasteiger partial charge in [-0.25, -0.2) is 0 Å². The fraction of sp³-hybridized carbons (Fsp3) is 0.571. The van der Waals surface area contributed by atoms with Gasteiger partial charge in [0.15, 0.2) is 0 Å². The molecule has 3 heteroatoms. The SMILES string of the molecule is CCOC(=O)[C@@H]1C=CCN1. The van der Waals surface area contributed by atoms with Crippen molar-refractivity contribution in [1.82, 2.24) is 5.32 Å². The second-order valence-electron chi connectivity index (χ2n) is 2.07. The van der Waals surface area contributed by atoms with Gasteiger partial charge in [-0.15, -0.1) is 0 Å². The topological polar surface area (TPSA) is 38.3 Å². The molecule has 0 bridgehead atoms. The molecule has 3 nitrogen and oxygen atoms in total. The summed E-state index contributed by atoms with van der Waals surface area (Å²) in [7, 11) is 0. The quantitative estimate of drug-likeness (QED) is 0.437. The Labute approximate surface area is 60.1 Å². The number of hydrogen-bond acceptors (Lipinski definition) is 3. The minimum Gasteiger partial charge on any atom is -0.465 e. The van der Waals surface area contributed by atoms with Crippen LogP contribution in [0.1, 0.15) is 6.92 Å². The lowest BCUT2D eigenvalue weighted by molar-refractivity contribution is -0.144. The average molecular weight is 141 g/mol. The monoisotopic (exact) mass is 141 g/mol. The Morgan fingerprint density at radius 1 is 1.90 bits per heavy atom. The summed E-state index contributed by atoms with van der Waals surface area (Å²) in [5.41, 5.74) is 0. The summed E-state index contributed by atoms with van der Waals surface area (Å²) in [6.07, 6.45) is 3.74. The minimum atomic E-state index is -0.208. The van der Waals surface area contributed by atoms with Crippen LogP contribution in [0, 0.1) is 0 Å². The predicted molar refractivity (Wildman–Crippen MR) is 37.6 cm³/mol. The van der Waals surface area contributed by atoms with Crippen LogP contribution in [-0.4, -0.2) is 25.2 Å². The molecular weight excluding hydrogens is 130 g/mol. The maximum atomic E-state index is 10.9. The van der Waals surface area contributed by atoms with Crippen LogP contribution < -0.4 is 5.32 Å². The Morgan fingerprint density at radius 2 is 2.70 bits per heavy atom. The van der Waals surface area contributed by atoms with Gasteiger partial charge in [-0.2, -0.15) is 0 Å². The van der Waals surface area contributed by atoms with Crippen molar-refractivity contribution in [2.45, 2.75) is 13.0 Å². The van der Waals surface area contributed by atoms with Crippen LogP contribution in [0.25, 0.3) is 0 Å². The fourth-order valence-corrected chi connectivity index (χ4v) is 0.861. The molecule has 0 amide bonds. The predicted octanol–water partition coefficient (Wildman–Crippen LogP) is 0.0775. The van der Waals surface area contributed by atoms with Gasteiger partial charge < -0.3 is 4.74 Å². The Balaban J connectivity index is 2.33. The van der Waals surface area contributed by atoms with Gasteiger partial charge in [-0.05, 0) is 6.92 Å². The first-order valence-electron chi connectivity index (χ1n) is 3.41. The number of rotatable bonds is 2. The highest BCUT2D eigenvalue weighted by Gasteiger charge is 2.17. The third-order valence-corrected chi connectivity index (χ3v) is 1.32. The highest BCUT2D eigenvalue weighted by Crippen LogP contribution is 1.96. The van der Waals surface area contributed by atoms with Crippen LogP contribution in [0.5, 0.6) is 0 Å². The Hall–Kier alpha value is -0.830. The molecule has 0 radical (unpaired) electrons. The molecule has 0 saturated carbocycles. The summed E-state index contributed by atoms with van der Waals surface area (Å²) < 4.78 is 4.77. The molecule has 10 heavy (non-hydrogen) atoms. The van der Waals surface area contributed by atoms with Gasteiger partial charge in [0, 0.05) is 6.54 Å². The highest BCUT2D eigenvalue weighted by molar-refractivity contribution is 5.78. The molecule has 0 aromatic heterocycles. The van der Waals surface area contributed by atoms with Crippen LogP contribution in [-0.2, 0) is 9.53 Å². The van der Waals surface area contributed by atoms with Crippen LogP contribution in [0.2, 0.25) is 0 Å². The lowest BCUT2D eigenvalue weighted by atomic mass is 10.3. The van der Waals surface area contributed by atoms with E-state index in [9.17, 15) is 4.79 Å². The minimum absolute atomic E-state index is 0.184. The smallest absolute Gasteiger partial charge is 0.327 e. The molecule has 1 aliphatic heterocycles. The molecule has 0 aromatic rings. The van der Waals surface area contributed by atoms with E-state index in [1.54, 1.807) is 6.92 Å². The van der Waals surface area contributed by atoms with Crippen molar-refractivity contribution < 1.29 is 9.53 Å². The number of hydrogen-bond donors (Lipinski definition) is 1. The molecular formula is C7H11NO2. The lowest BCUT2D eigenvalue weighted by Crippen LogP contribution is -2.32. The van der Waals surface area contributed by atoms with Gasteiger partial charge in [-0.1, -0.05) is 12.2 Å². The number of ether oxygens (including phenoxy) is 1. The van der Waals surface area contributed by atoms with E-state index in [2.05, 4.69) is 5.32 Å². The van der Waals surface area contributed by atoms with E-state index in [0.29, 0.717) is 6.61 Å². The van der Waals surface area contributed by atoms with Crippen LogP contribution >= 0.6 is 0 Å². The molecule has 1 atom stereocenters. The third kappa shape index (κ3) is 1.57. The number of esters is 1. The van der Waals surface area contributed by atoms with Crippen molar-refractivity contribution in [3.05, 3.63) is 12.2 Å². The summed E-state index contributed by atoms with van der Waals surface area (Å²) in [4.78, 5) is 10.9. The zero-order valence-corrected chi connectivity index (χ0v) is 5.96. The molecule has 0 aromatic carbocycles. The fourth-order valence-electron chi connectivity index (χ4n) is 0.861. The Kier molecular flexibility index (Phi) is 2.45. The molecule has 56 valence electrons. The largest absolute Gasteiger partial charge is 0.465 e. The van der Waals surface area contributed by atoms with Gasteiger partial charge in [0.2, 0.25) is 0 Å². The standard InChI is InChI=1S/C7H11NO2/c1-2-10-7(9)6-4-3-5-8-6/h3-4,6,8H,2,5H2,1H3/t6-/m0/s1. The molecule has 0 fully saturated rings. The normalized spacial score (nSPS) is 23.1. The van der Waals surface area contributed by atoms with Gasteiger partial charge in [0.05, 0.1) is 6.61 Å². The Morgan fingerprint density at radius 3 is 3.20 bits per heavy atom. The molecule has 0 spiro atoms. The van der Waals surface area contributed by atoms with Crippen LogP contribution in [0.3, 0.4) is 0 Å². The summed E-state index contributed by atoms with van der Waals surface area (Å²) in [5.74, 6) is -0.184. The molecule has 0 saturated heterocycles. The number of carbonyl (C=O) groups excluding carboxylic acids is 1.